The number of nitrogen functional groups attached to an aromatic ring is 1. The zero-order valence-electron chi connectivity index (χ0n) is 11.2. The topological polar surface area (TPSA) is 125 Å². The van der Waals surface area contributed by atoms with Gasteiger partial charge >= 0.3 is 0 Å². The number of nitrogens with one attached hydrogen (secondary N) is 1. The summed E-state index contributed by atoms with van der Waals surface area (Å²) in [6.45, 7) is 1.56. The van der Waals surface area contributed by atoms with Gasteiger partial charge in [0.05, 0.1) is 5.75 Å². The number of primary amides is 1. The van der Waals surface area contributed by atoms with Gasteiger partial charge in [-0.25, -0.2) is 13.1 Å². The van der Waals surface area contributed by atoms with E-state index in [-0.39, 0.29) is 18.8 Å². The van der Waals surface area contributed by atoms with Crippen molar-refractivity contribution in [3.05, 3.63) is 24.3 Å². The summed E-state index contributed by atoms with van der Waals surface area (Å²) in [5, 5.41) is 0. The van der Waals surface area contributed by atoms with Crippen molar-refractivity contribution in [3.63, 3.8) is 0 Å². The molecule has 0 heterocycles. The monoisotopic (exact) mass is 301 g/mol. The van der Waals surface area contributed by atoms with Crippen molar-refractivity contribution in [2.75, 3.05) is 18.1 Å². The van der Waals surface area contributed by atoms with Crippen LogP contribution in [0.4, 0.5) is 5.69 Å². The van der Waals surface area contributed by atoms with Crippen molar-refractivity contribution in [2.45, 2.75) is 19.4 Å². The first-order valence-corrected chi connectivity index (χ1v) is 7.70. The van der Waals surface area contributed by atoms with E-state index in [1.54, 1.807) is 31.2 Å². The second-order valence-corrected chi connectivity index (χ2v) is 6.30. The fourth-order valence-corrected chi connectivity index (χ4v) is 2.70. The number of hydrogen-bond acceptors (Lipinski definition) is 5. The van der Waals surface area contributed by atoms with Crippen molar-refractivity contribution in [1.82, 2.24) is 4.72 Å². The van der Waals surface area contributed by atoms with Crippen LogP contribution in [0, 0.1) is 0 Å². The van der Waals surface area contributed by atoms with Crippen LogP contribution >= 0.6 is 0 Å². The van der Waals surface area contributed by atoms with Crippen molar-refractivity contribution < 1.29 is 17.9 Å². The van der Waals surface area contributed by atoms with Gasteiger partial charge in [0, 0.05) is 24.2 Å². The third kappa shape index (κ3) is 6.39. The van der Waals surface area contributed by atoms with E-state index in [2.05, 4.69) is 4.72 Å². The first-order valence-electron chi connectivity index (χ1n) is 6.05. The van der Waals surface area contributed by atoms with E-state index in [4.69, 9.17) is 16.2 Å². The molecule has 1 amide bonds. The summed E-state index contributed by atoms with van der Waals surface area (Å²) >= 11 is 0. The van der Waals surface area contributed by atoms with E-state index in [1.165, 1.54) is 0 Å². The van der Waals surface area contributed by atoms with E-state index >= 15 is 0 Å². The van der Waals surface area contributed by atoms with Gasteiger partial charge in [0.1, 0.15) is 12.4 Å². The van der Waals surface area contributed by atoms with Crippen LogP contribution in [-0.4, -0.2) is 32.7 Å². The van der Waals surface area contributed by atoms with Crippen molar-refractivity contribution >= 4 is 21.6 Å². The predicted octanol–water partition coefficient (Wildman–Crippen LogP) is -0.169. The molecule has 0 aliphatic heterocycles. The Labute approximate surface area is 118 Å². The smallest absolute Gasteiger partial charge is 0.219 e. The number of amides is 1. The van der Waals surface area contributed by atoms with Crippen molar-refractivity contribution in [2.24, 2.45) is 5.73 Å². The lowest BCUT2D eigenvalue weighted by Gasteiger charge is -2.13. The van der Waals surface area contributed by atoms with E-state index in [0.29, 0.717) is 11.4 Å². The highest BCUT2D eigenvalue weighted by atomic mass is 32.2. The van der Waals surface area contributed by atoms with Gasteiger partial charge in [0.15, 0.2) is 0 Å². The number of hydrogen-bond donors (Lipinski definition) is 3. The second kappa shape index (κ2) is 7.11. The average Bonchev–Trinajstić information content (AvgIpc) is 2.26. The molecule has 0 fully saturated rings. The third-order valence-electron chi connectivity index (χ3n) is 2.37. The Morgan fingerprint density at radius 3 is 2.75 bits per heavy atom. The Balaban J connectivity index is 2.42. The van der Waals surface area contributed by atoms with Crippen LogP contribution < -0.4 is 20.9 Å². The number of ether oxygens (including phenoxy) is 1. The first kappa shape index (κ1) is 16.3. The summed E-state index contributed by atoms with van der Waals surface area (Å²) in [5.41, 5.74) is 11.1. The molecule has 1 aromatic rings. The molecule has 0 saturated heterocycles. The van der Waals surface area contributed by atoms with Gasteiger partial charge in [-0.05, 0) is 19.1 Å². The number of rotatable bonds is 8. The van der Waals surface area contributed by atoms with E-state index in [9.17, 15) is 13.2 Å². The maximum Gasteiger partial charge on any atom is 0.219 e. The maximum atomic E-state index is 11.7. The molecule has 0 spiro atoms. The molecular weight excluding hydrogens is 282 g/mol. The van der Waals surface area contributed by atoms with Crippen LogP contribution in [0.2, 0.25) is 0 Å². The SMILES string of the molecule is CC(CC(N)=O)NS(=O)(=O)CCOc1cccc(N)c1. The molecule has 8 heteroatoms. The van der Waals surface area contributed by atoms with Gasteiger partial charge in [-0.3, -0.25) is 4.79 Å². The zero-order chi connectivity index (χ0) is 15.2. The molecule has 1 rings (SSSR count). The Bertz CT molecular complexity index is 560. The molecule has 0 aliphatic rings. The highest BCUT2D eigenvalue weighted by molar-refractivity contribution is 7.89. The Kier molecular flexibility index (Phi) is 5.78. The number of sulfonamides is 1. The summed E-state index contributed by atoms with van der Waals surface area (Å²) in [6.07, 6.45) is -0.0463. The summed E-state index contributed by atoms with van der Waals surface area (Å²) in [4.78, 5) is 10.7. The van der Waals surface area contributed by atoms with E-state index in [0.717, 1.165) is 0 Å². The van der Waals surface area contributed by atoms with Gasteiger partial charge < -0.3 is 16.2 Å². The fourth-order valence-electron chi connectivity index (χ4n) is 1.58. The van der Waals surface area contributed by atoms with Crippen LogP contribution in [0.3, 0.4) is 0 Å². The Morgan fingerprint density at radius 2 is 2.15 bits per heavy atom. The number of carbonyl (C=O) groups excluding carboxylic acids is 1. The third-order valence-corrected chi connectivity index (χ3v) is 3.83. The summed E-state index contributed by atoms with van der Waals surface area (Å²) in [7, 11) is -3.52. The molecule has 20 heavy (non-hydrogen) atoms. The summed E-state index contributed by atoms with van der Waals surface area (Å²) in [6, 6.07) is 6.18. The molecule has 0 saturated carbocycles. The van der Waals surface area contributed by atoms with Crippen molar-refractivity contribution in [3.8, 4) is 5.75 Å². The molecule has 0 aromatic heterocycles. The molecule has 5 N–H and O–H groups in total. The molecule has 1 unspecified atom stereocenters. The fraction of sp³-hybridized carbons (Fsp3) is 0.417. The van der Waals surface area contributed by atoms with Crippen LogP contribution in [-0.2, 0) is 14.8 Å². The molecule has 0 bridgehead atoms. The molecule has 112 valence electrons. The number of benzene rings is 1. The average molecular weight is 301 g/mol. The minimum Gasteiger partial charge on any atom is -0.492 e. The normalized spacial score (nSPS) is 12.8. The first-order chi connectivity index (χ1) is 9.28. The summed E-state index contributed by atoms with van der Waals surface area (Å²) < 4.78 is 31.1. The number of nitrogens with two attached hydrogens (primary N) is 2. The molecular formula is C12H19N3O4S. The lowest BCUT2D eigenvalue weighted by atomic mass is 10.2. The van der Waals surface area contributed by atoms with Crippen LogP contribution in [0.25, 0.3) is 0 Å². The second-order valence-electron chi connectivity index (χ2n) is 4.43. The Morgan fingerprint density at radius 1 is 1.45 bits per heavy atom. The molecule has 7 nitrogen and oxygen atoms in total. The minimum absolute atomic E-state index is 0.0118. The zero-order valence-corrected chi connectivity index (χ0v) is 12.0. The van der Waals surface area contributed by atoms with Gasteiger partial charge in [-0.1, -0.05) is 6.07 Å². The quantitative estimate of drug-likeness (QED) is 0.575. The summed E-state index contributed by atoms with van der Waals surface area (Å²) in [5.74, 6) is -0.271. The van der Waals surface area contributed by atoms with Gasteiger partial charge in [0.2, 0.25) is 15.9 Å². The largest absolute Gasteiger partial charge is 0.492 e. The van der Waals surface area contributed by atoms with E-state index in [1.807, 2.05) is 0 Å². The van der Waals surface area contributed by atoms with Crippen LogP contribution in [0.1, 0.15) is 13.3 Å². The van der Waals surface area contributed by atoms with Crippen LogP contribution in [0.15, 0.2) is 24.3 Å². The number of anilines is 1. The Hall–Kier alpha value is -1.80. The predicted molar refractivity (Wildman–Crippen MR) is 76.5 cm³/mol. The molecule has 0 radical (unpaired) electrons. The lowest BCUT2D eigenvalue weighted by molar-refractivity contribution is -0.118. The van der Waals surface area contributed by atoms with E-state index < -0.39 is 22.0 Å². The highest BCUT2D eigenvalue weighted by Crippen LogP contribution is 2.14. The highest BCUT2D eigenvalue weighted by Gasteiger charge is 2.16. The standard InChI is InChI=1S/C12H19N3O4S/c1-9(7-12(14)16)15-20(17,18)6-5-19-11-4-2-3-10(13)8-11/h2-4,8-9,15H,5-7,13H2,1H3,(H2,14,16). The van der Waals surface area contributed by atoms with Gasteiger partial charge in [-0.2, -0.15) is 0 Å². The maximum absolute atomic E-state index is 11.7. The van der Waals surface area contributed by atoms with Gasteiger partial charge in [-0.15, -0.1) is 0 Å². The molecule has 1 atom stereocenters. The lowest BCUT2D eigenvalue weighted by Crippen LogP contribution is -2.38. The molecule has 1 aromatic carbocycles. The van der Waals surface area contributed by atoms with Crippen molar-refractivity contribution in [1.29, 1.82) is 0 Å². The van der Waals surface area contributed by atoms with Gasteiger partial charge in [0.25, 0.3) is 0 Å². The number of carbonyl (C=O) groups is 1. The van der Waals surface area contributed by atoms with Crippen LogP contribution in [0.5, 0.6) is 5.75 Å². The molecule has 0 aliphatic carbocycles. The minimum atomic E-state index is -3.52.